The van der Waals surface area contributed by atoms with Crippen LogP contribution in [0.2, 0.25) is 0 Å². The Bertz CT molecular complexity index is 249. The average molecular weight is 181 g/mol. The predicted molar refractivity (Wildman–Crippen MR) is 51.3 cm³/mol. The van der Waals surface area contributed by atoms with Crippen LogP contribution in [0.3, 0.4) is 0 Å². The lowest BCUT2D eigenvalue weighted by atomic mass is 10.3. The molecule has 3 heteroatoms. The number of pyridine rings is 1. The third-order valence-electron chi connectivity index (χ3n) is 1.69. The fraction of sp³-hybridized carbons (Fsp3) is 0.500. The smallest absolute Gasteiger partial charge is 0.219 e. The van der Waals surface area contributed by atoms with Gasteiger partial charge < -0.3 is 9.47 Å². The summed E-state index contributed by atoms with van der Waals surface area (Å²) in [4.78, 5) is 4.11. The van der Waals surface area contributed by atoms with Crippen LogP contribution in [0.25, 0.3) is 0 Å². The Kier molecular flexibility index (Phi) is 3.55. The Hall–Kier alpha value is -1.25. The first-order valence-electron chi connectivity index (χ1n) is 4.50. The molecular formula is C10H15NO2. The van der Waals surface area contributed by atoms with Crippen molar-refractivity contribution in [1.82, 2.24) is 4.98 Å². The number of rotatable bonds is 4. The second kappa shape index (κ2) is 4.70. The zero-order valence-corrected chi connectivity index (χ0v) is 8.33. The number of hydrogen-bond donors (Lipinski definition) is 0. The van der Waals surface area contributed by atoms with E-state index < -0.39 is 0 Å². The van der Waals surface area contributed by atoms with Gasteiger partial charge in [0.1, 0.15) is 5.75 Å². The summed E-state index contributed by atoms with van der Waals surface area (Å²) in [6, 6.07) is 1.85. The summed E-state index contributed by atoms with van der Waals surface area (Å²) < 4.78 is 10.7. The van der Waals surface area contributed by atoms with Crippen molar-refractivity contribution in [1.29, 1.82) is 0 Å². The highest BCUT2D eigenvalue weighted by atomic mass is 16.5. The maximum Gasteiger partial charge on any atom is 0.219 e. The van der Waals surface area contributed by atoms with Gasteiger partial charge in [-0.3, -0.25) is 0 Å². The Labute approximate surface area is 78.7 Å². The van der Waals surface area contributed by atoms with Gasteiger partial charge in [0.15, 0.2) is 0 Å². The number of ether oxygens (including phenoxy) is 2. The first-order chi connectivity index (χ1) is 6.29. The zero-order valence-electron chi connectivity index (χ0n) is 8.33. The first-order valence-corrected chi connectivity index (χ1v) is 4.50. The van der Waals surface area contributed by atoms with E-state index in [4.69, 9.17) is 9.47 Å². The van der Waals surface area contributed by atoms with Gasteiger partial charge in [0.2, 0.25) is 5.88 Å². The van der Waals surface area contributed by atoms with E-state index in [0.29, 0.717) is 19.1 Å². The molecule has 1 aromatic rings. The molecule has 0 atom stereocenters. The summed E-state index contributed by atoms with van der Waals surface area (Å²) in [6.07, 6.45) is 1.70. The predicted octanol–water partition coefficient (Wildman–Crippen LogP) is 2.19. The summed E-state index contributed by atoms with van der Waals surface area (Å²) in [7, 11) is 0. The third-order valence-corrected chi connectivity index (χ3v) is 1.69. The van der Waals surface area contributed by atoms with Gasteiger partial charge in [0.05, 0.1) is 18.8 Å². The molecule has 1 heterocycles. The van der Waals surface area contributed by atoms with E-state index in [1.807, 2.05) is 26.8 Å². The van der Waals surface area contributed by atoms with Crippen molar-refractivity contribution in [2.75, 3.05) is 13.2 Å². The van der Waals surface area contributed by atoms with Gasteiger partial charge in [-0.2, -0.15) is 0 Å². The van der Waals surface area contributed by atoms with Crippen molar-refractivity contribution in [3.63, 3.8) is 0 Å². The molecule has 13 heavy (non-hydrogen) atoms. The van der Waals surface area contributed by atoms with Crippen molar-refractivity contribution in [3.8, 4) is 11.6 Å². The number of nitrogens with zero attached hydrogens (tertiary/aromatic N) is 1. The normalized spacial score (nSPS) is 9.77. The van der Waals surface area contributed by atoms with Crippen LogP contribution in [0.4, 0.5) is 0 Å². The van der Waals surface area contributed by atoms with Crippen LogP contribution in [0, 0.1) is 6.92 Å². The molecule has 0 aliphatic rings. The maximum atomic E-state index is 5.40. The molecule has 1 aromatic heterocycles. The van der Waals surface area contributed by atoms with Gasteiger partial charge in [-0.25, -0.2) is 4.98 Å². The molecular weight excluding hydrogens is 166 g/mol. The Morgan fingerprint density at radius 1 is 1.23 bits per heavy atom. The van der Waals surface area contributed by atoms with Crippen LogP contribution in [-0.2, 0) is 0 Å². The van der Waals surface area contributed by atoms with E-state index in [0.717, 1.165) is 11.3 Å². The molecule has 1 rings (SSSR count). The van der Waals surface area contributed by atoms with Gasteiger partial charge in [0, 0.05) is 6.20 Å². The molecule has 0 radical (unpaired) electrons. The van der Waals surface area contributed by atoms with Gasteiger partial charge in [0.25, 0.3) is 0 Å². The van der Waals surface area contributed by atoms with Crippen molar-refractivity contribution in [2.24, 2.45) is 0 Å². The fourth-order valence-electron chi connectivity index (χ4n) is 1.09. The fourth-order valence-corrected chi connectivity index (χ4v) is 1.09. The minimum absolute atomic E-state index is 0.628. The van der Waals surface area contributed by atoms with Crippen LogP contribution in [0.5, 0.6) is 11.6 Å². The summed E-state index contributed by atoms with van der Waals surface area (Å²) in [5.74, 6) is 1.51. The number of hydrogen-bond acceptors (Lipinski definition) is 3. The topological polar surface area (TPSA) is 31.4 Å². The van der Waals surface area contributed by atoms with Gasteiger partial charge in [-0.05, 0) is 26.8 Å². The molecule has 0 bridgehead atoms. The lowest BCUT2D eigenvalue weighted by Gasteiger charge is -2.10. The SMILES string of the molecule is CCOc1ccnc(OCC)c1C. The molecule has 0 saturated heterocycles. The quantitative estimate of drug-likeness (QED) is 0.713. The molecule has 0 fully saturated rings. The number of aromatic nitrogens is 1. The lowest BCUT2D eigenvalue weighted by molar-refractivity contribution is 0.309. The highest BCUT2D eigenvalue weighted by molar-refractivity contribution is 5.38. The second-order valence-corrected chi connectivity index (χ2v) is 2.61. The van der Waals surface area contributed by atoms with Gasteiger partial charge in [-0.1, -0.05) is 0 Å². The minimum Gasteiger partial charge on any atom is -0.493 e. The van der Waals surface area contributed by atoms with Crippen LogP contribution in [-0.4, -0.2) is 18.2 Å². The van der Waals surface area contributed by atoms with Crippen molar-refractivity contribution >= 4 is 0 Å². The molecule has 72 valence electrons. The van der Waals surface area contributed by atoms with Crippen LogP contribution in [0.1, 0.15) is 19.4 Å². The third kappa shape index (κ3) is 2.34. The molecule has 3 nitrogen and oxygen atoms in total. The van der Waals surface area contributed by atoms with Crippen LogP contribution in [0.15, 0.2) is 12.3 Å². The van der Waals surface area contributed by atoms with E-state index >= 15 is 0 Å². The zero-order chi connectivity index (χ0) is 9.68. The van der Waals surface area contributed by atoms with E-state index in [1.54, 1.807) is 6.20 Å². The van der Waals surface area contributed by atoms with Crippen molar-refractivity contribution in [2.45, 2.75) is 20.8 Å². The molecule has 0 saturated carbocycles. The Balaban J connectivity index is 2.89. The maximum absolute atomic E-state index is 5.40. The standard InChI is InChI=1S/C10H15NO2/c1-4-12-9-6-7-11-10(8(9)3)13-5-2/h6-7H,4-5H2,1-3H3. The summed E-state index contributed by atoms with van der Waals surface area (Å²) >= 11 is 0. The summed E-state index contributed by atoms with van der Waals surface area (Å²) in [6.45, 7) is 7.14. The van der Waals surface area contributed by atoms with Crippen molar-refractivity contribution in [3.05, 3.63) is 17.8 Å². The van der Waals surface area contributed by atoms with Gasteiger partial charge in [-0.15, -0.1) is 0 Å². The van der Waals surface area contributed by atoms with Gasteiger partial charge >= 0.3 is 0 Å². The highest BCUT2D eigenvalue weighted by Crippen LogP contribution is 2.24. The molecule has 0 spiro atoms. The van der Waals surface area contributed by atoms with Crippen molar-refractivity contribution < 1.29 is 9.47 Å². The average Bonchev–Trinajstić information content (AvgIpc) is 2.13. The second-order valence-electron chi connectivity index (χ2n) is 2.61. The Morgan fingerprint density at radius 2 is 1.92 bits per heavy atom. The Morgan fingerprint density at radius 3 is 2.54 bits per heavy atom. The van der Waals surface area contributed by atoms with E-state index in [-0.39, 0.29) is 0 Å². The van der Waals surface area contributed by atoms with E-state index in [1.165, 1.54) is 0 Å². The first kappa shape index (κ1) is 9.84. The monoisotopic (exact) mass is 181 g/mol. The van der Waals surface area contributed by atoms with E-state index in [2.05, 4.69) is 4.98 Å². The highest BCUT2D eigenvalue weighted by Gasteiger charge is 2.05. The summed E-state index contributed by atoms with van der Waals surface area (Å²) in [5, 5.41) is 0. The minimum atomic E-state index is 0.628. The lowest BCUT2D eigenvalue weighted by Crippen LogP contribution is -2.00. The van der Waals surface area contributed by atoms with E-state index in [9.17, 15) is 0 Å². The largest absolute Gasteiger partial charge is 0.493 e. The molecule has 0 N–H and O–H groups in total. The molecule has 0 amide bonds. The van der Waals surface area contributed by atoms with Crippen LogP contribution >= 0.6 is 0 Å². The molecule has 0 aliphatic carbocycles. The molecule has 0 aliphatic heterocycles. The molecule has 0 unspecified atom stereocenters. The summed E-state index contributed by atoms with van der Waals surface area (Å²) in [5.41, 5.74) is 0.964. The molecule has 0 aromatic carbocycles. The van der Waals surface area contributed by atoms with Crippen LogP contribution < -0.4 is 9.47 Å².